The number of carbonyl (C=O) groups excluding carboxylic acids is 1. The molecule has 0 radical (unpaired) electrons. The van der Waals surface area contributed by atoms with Crippen molar-refractivity contribution in [2.45, 2.75) is 51.3 Å². The van der Waals surface area contributed by atoms with Crippen LogP contribution < -0.4 is 20.1 Å². The fourth-order valence-corrected chi connectivity index (χ4v) is 4.76. The topological polar surface area (TPSA) is 96.5 Å². The van der Waals surface area contributed by atoms with E-state index in [0.717, 1.165) is 29.7 Å². The van der Waals surface area contributed by atoms with Gasteiger partial charge in [-0.1, -0.05) is 32.3 Å². The van der Waals surface area contributed by atoms with Crippen LogP contribution >= 0.6 is 12.2 Å². The van der Waals surface area contributed by atoms with Crippen molar-refractivity contribution in [3.8, 4) is 5.75 Å². The Balaban J connectivity index is 1.51. The first-order chi connectivity index (χ1) is 17.7. The number of carbonyl (C=O) groups is 1. The maximum atomic E-state index is 12.7. The van der Waals surface area contributed by atoms with Gasteiger partial charge in [0.05, 0.1) is 11.5 Å². The lowest BCUT2D eigenvalue weighted by atomic mass is 10.1. The fraction of sp³-hybridized carbons (Fsp3) is 0.286. The molecule has 0 unspecified atom stereocenters. The molecule has 196 valence electrons. The predicted molar refractivity (Wildman–Crippen MR) is 153 cm³/mol. The second-order valence-corrected chi connectivity index (χ2v) is 10.9. The number of nitrogens with one attached hydrogen (secondary N) is 3. The van der Waals surface area contributed by atoms with Crippen LogP contribution in [0.5, 0.6) is 5.75 Å². The van der Waals surface area contributed by atoms with Gasteiger partial charge in [0.1, 0.15) is 5.75 Å². The molecular weight excluding hydrogens is 506 g/mol. The molecular formula is C28H33N3O4S2. The van der Waals surface area contributed by atoms with E-state index in [1.54, 1.807) is 48.5 Å². The van der Waals surface area contributed by atoms with Gasteiger partial charge in [0.25, 0.3) is 15.9 Å². The van der Waals surface area contributed by atoms with Crippen LogP contribution in [0.4, 0.5) is 11.4 Å². The van der Waals surface area contributed by atoms with Crippen LogP contribution in [-0.2, 0) is 10.0 Å². The third-order valence-electron chi connectivity index (χ3n) is 5.79. The van der Waals surface area contributed by atoms with Gasteiger partial charge in [-0.2, -0.15) is 0 Å². The summed E-state index contributed by atoms with van der Waals surface area (Å²) in [6.45, 7) is 6.71. The van der Waals surface area contributed by atoms with E-state index in [9.17, 15) is 13.2 Å². The minimum atomic E-state index is -3.75. The maximum Gasteiger partial charge on any atom is 0.261 e. The summed E-state index contributed by atoms with van der Waals surface area (Å²) in [6, 6.07) is 18.4. The second kappa shape index (κ2) is 13.2. The van der Waals surface area contributed by atoms with Gasteiger partial charge in [0, 0.05) is 16.9 Å². The van der Waals surface area contributed by atoms with E-state index in [4.69, 9.17) is 17.0 Å². The summed E-state index contributed by atoms with van der Waals surface area (Å²) in [4.78, 5) is 12.6. The van der Waals surface area contributed by atoms with Crippen molar-refractivity contribution >= 4 is 44.6 Å². The summed E-state index contributed by atoms with van der Waals surface area (Å²) < 4.78 is 33.8. The van der Waals surface area contributed by atoms with Crippen LogP contribution in [0.1, 0.15) is 54.1 Å². The number of thiocarbonyl (C=S) groups is 1. The van der Waals surface area contributed by atoms with Gasteiger partial charge in [-0.3, -0.25) is 14.8 Å². The molecule has 3 rings (SSSR count). The van der Waals surface area contributed by atoms with Gasteiger partial charge in [0.15, 0.2) is 5.11 Å². The number of rotatable bonds is 11. The number of hydrogen-bond donors (Lipinski definition) is 3. The average Bonchev–Trinajstić information content (AvgIpc) is 2.86. The fourth-order valence-electron chi connectivity index (χ4n) is 3.50. The molecule has 37 heavy (non-hydrogen) atoms. The number of amides is 1. The standard InChI is InChI=1S/C28H33N3O4S2/c1-4-5-6-7-18-35-25-14-9-22(10-15-25)27(32)30-28(36)29-23-12-16-26(17-13-23)37(33,34)31-24-11-8-20(2)21(3)19-24/h8-17,19,31H,4-7,18H2,1-3H3,(H2,29,30,32,36). The highest BCUT2D eigenvalue weighted by Crippen LogP contribution is 2.20. The highest BCUT2D eigenvalue weighted by atomic mass is 32.2. The zero-order valence-electron chi connectivity index (χ0n) is 21.3. The lowest BCUT2D eigenvalue weighted by Crippen LogP contribution is -2.34. The van der Waals surface area contributed by atoms with E-state index in [0.29, 0.717) is 23.5 Å². The smallest absolute Gasteiger partial charge is 0.261 e. The molecule has 0 fully saturated rings. The van der Waals surface area contributed by atoms with Gasteiger partial charge >= 0.3 is 0 Å². The van der Waals surface area contributed by atoms with Gasteiger partial charge in [0.2, 0.25) is 0 Å². The molecule has 0 saturated carbocycles. The molecule has 1 amide bonds. The molecule has 3 N–H and O–H groups in total. The number of anilines is 2. The van der Waals surface area contributed by atoms with Crippen molar-refractivity contribution < 1.29 is 17.9 Å². The summed E-state index contributed by atoms with van der Waals surface area (Å²) in [5.74, 6) is 0.361. The molecule has 3 aromatic rings. The number of unbranched alkanes of at least 4 members (excludes halogenated alkanes) is 3. The molecule has 0 heterocycles. The number of ether oxygens (including phenoxy) is 1. The summed E-state index contributed by atoms with van der Waals surface area (Å²) in [5, 5.41) is 5.63. The van der Waals surface area contributed by atoms with E-state index in [-0.39, 0.29) is 15.9 Å². The first-order valence-electron chi connectivity index (χ1n) is 12.2. The Morgan fingerprint density at radius 3 is 2.19 bits per heavy atom. The molecule has 0 aromatic heterocycles. The van der Waals surface area contributed by atoms with E-state index in [1.807, 2.05) is 19.9 Å². The van der Waals surface area contributed by atoms with Crippen LogP contribution in [0.15, 0.2) is 71.6 Å². The summed E-state index contributed by atoms with van der Waals surface area (Å²) in [7, 11) is -3.75. The van der Waals surface area contributed by atoms with Crippen LogP contribution in [0.3, 0.4) is 0 Å². The molecule has 0 aliphatic heterocycles. The number of benzene rings is 3. The van der Waals surface area contributed by atoms with E-state index >= 15 is 0 Å². The first-order valence-corrected chi connectivity index (χ1v) is 14.1. The quantitative estimate of drug-likeness (QED) is 0.199. The maximum absolute atomic E-state index is 12.7. The number of hydrogen-bond acceptors (Lipinski definition) is 5. The minimum absolute atomic E-state index is 0.102. The number of aryl methyl sites for hydroxylation is 2. The number of sulfonamides is 1. The predicted octanol–water partition coefficient (Wildman–Crippen LogP) is 6.19. The van der Waals surface area contributed by atoms with Crippen molar-refractivity contribution in [1.82, 2.24) is 5.32 Å². The minimum Gasteiger partial charge on any atom is -0.494 e. The lowest BCUT2D eigenvalue weighted by molar-refractivity contribution is 0.0977. The van der Waals surface area contributed by atoms with Crippen molar-refractivity contribution in [2.75, 3.05) is 16.6 Å². The highest BCUT2D eigenvalue weighted by Gasteiger charge is 2.15. The average molecular weight is 540 g/mol. The SMILES string of the molecule is CCCCCCOc1ccc(C(=O)NC(=S)Nc2ccc(S(=O)(=O)Nc3ccc(C)c(C)c3)cc2)cc1. The summed E-state index contributed by atoms with van der Waals surface area (Å²) in [5.41, 5.74) is 3.57. The Labute approximate surface area is 224 Å². The molecule has 0 bridgehead atoms. The molecule has 9 heteroatoms. The zero-order valence-corrected chi connectivity index (χ0v) is 23.0. The summed E-state index contributed by atoms with van der Waals surface area (Å²) >= 11 is 5.25. The first kappa shape index (κ1) is 28.1. The lowest BCUT2D eigenvalue weighted by Gasteiger charge is -2.12. The molecule has 7 nitrogen and oxygen atoms in total. The van der Waals surface area contributed by atoms with Crippen LogP contribution in [0, 0.1) is 13.8 Å². The Morgan fingerprint density at radius 1 is 0.865 bits per heavy atom. The molecule has 0 saturated heterocycles. The Kier molecular flexibility index (Phi) is 10.0. The largest absolute Gasteiger partial charge is 0.494 e. The van der Waals surface area contributed by atoms with Crippen LogP contribution in [0.2, 0.25) is 0 Å². The molecule has 0 aliphatic carbocycles. The van der Waals surface area contributed by atoms with Crippen molar-refractivity contribution in [3.63, 3.8) is 0 Å². The molecule has 3 aromatic carbocycles. The monoisotopic (exact) mass is 539 g/mol. The zero-order chi connectivity index (χ0) is 26.8. The van der Waals surface area contributed by atoms with Crippen molar-refractivity contribution in [2.24, 2.45) is 0 Å². The van der Waals surface area contributed by atoms with Crippen molar-refractivity contribution in [1.29, 1.82) is 0 Å². The van der Waals surface area contributed by atoms with Crippen molar-refractivity contribution in [3.05, 3.63) is 83.4 Å². The molecule has 0 atom stereocenters. The van der Waals surface area contributed by atoms with Gasteiger partial charge < -0.3 is 10.1 Å². The highest BCUT2D eigenvalue weighted by molar-refractivity contribution is 7.92. The summed E-state index contributed by atoms with van der Waals surface area (Å²) in [6.07, 6.45) is 4.53. The Bertz CT molecular complexity index is 1320. The second-order valence-electron chi connectivity index (χ2n) is 8.77. The third kappa shape index (κ3) is 8.58. The van der Waals surface area contributed by atoms with Crippen LogP contribution in [-0.4, -0.2) is 26.0 Å². The van der Waals surface area contributed by atoms with Crippen LogP contribution in [0.25, 0.3) is 0 Å². The third-order valence-corrected chi connectivity index (χ3v) is 7.39. The Hall–Kier alpha value is -3.43. The van der Waals surface area contributed by atoms with E-state index < -0.39 is 10.0 Å². The molecule has 0 spiro atoms. The Morgan fingerprint density at radius 2 is 1.54 bits per heavy atom. The normalized spacial score (nSPS) is 11.0. The van der Waals surface area contributed by atoms with E-state index in [2.05, 4.69) is 22.3 Å². The van der Waals surface area contributed by atoms with Gasteiger partial charge in [-0.05, 0) is 104 Å². The van der Waals surface area contributed by atoms with E-state index in [1.165, 1.54) is 25.0 Å². The van der Waals surface area contributed by atoms with Gasteiger partial charge in [-0.15, -0.1) is 0 Å². The molecule has 0 aliphatic rings. The van der Waals surface area contributed by atoms with Gasteiger partial charge in [-0.25, -0.2) is 8.42 Å².